The van der Waals surface area contributed by atoms with Crippen LogP contribution < -0.4 is 0 Å². The average Bonchev–Trinajstić information content (AvgIpc) is 3.07. The summed E-state index contributed by atoms with van der Waals surface area (Å²) in [5.41, 5.74) is 0.541. The second-order valence-corrected chi connectivity index (χ2v) is 5.25. The van der Waals surface area contributed by atoms with Crippen molar-refractivity contribution in [1.29, 1.82) is 0 Å². The van der Waals surface area contributed by atoms with Crippen molar-refractivity contribution in [2.75, 3.05) is 0 Å². The van der Waals surface area contributed by atoms with E-state index in [0.717, 1.165) is 5.01 Å². The Morgan fingerprint density at radius 2 is 1.86 bits per heavy atom. The predicted octanol–water partition coefficient (Wildman–Crippen LogP) is 2.07. The summed E-state index contributed by atoms with van der Waals surface area (Å²) < 4.78 is 0. The third kappa shape index (κ3) is 2.21. The van der Waals surface area contributed by atoms with Gasteiger partial charge in [-0.2, -0.15) is 0 Å². The maximum atomic E-state index is 12.0. The van der Waals surface area contributed by atoms with Crippen LogP contribution in [0.1, 0.15) is 43.1 Å². The van der Waals surface area contributed by atoms with E-state index < -0.39 is 17.8 Å². The van der Waals surface area contributed by atoms with E-state index in [2.05, 4.69) is 4.98 Å². The number of rotatable bonds is 3. The zero-order chi connectivity index (χ0) is 15.0. The Hall–Kier alpha value is -2.54. The number of carbonyl (C=O) groups excluding carboxylic acids is 3. The van der Waals surface area contributed by atoms with Crippen LogP contribution in [0.3, 0.4) is 0 Å². The van der Waals surface area contributed by atoms with Gasteiger partial charge in [-0.05, 0) is 18.6 Å². The van der Waals surface area contributed by atoms with Crippen LogP contribution in [0, 0.1) is 0 Å². The van der Waals surface area contributed by atoms with Crippen molar-refractivity contribution < 1.29 is 19.2 Å². The molecule has 2 amide bonds. The van der Waals surface area contributed by atoms with Crippen LogP contribution in [0.25, 0.3) is 0 Å². The lowest BCUT2D eigenvalue weighted by Gasteiger charge is -2.11. The molecular formula is C14H10N2O4S. The minimum Gasteiger partial charge on any atom is -0.322 e. The molecule has 1 aromatic carbocycles. The van der Waals surface area contributed by atoms with E-state index in [4.69, 9.17) is 4.84 Å². The zero-order valence-corrected chi connectivity index (χ0v) is 11.8. The molecule has 0 aliphatic carbocycles. The molecule has 0 bridgehead atoms. The Morgan fingerprint density at radius 3 is 2.38 bits per heavy atom. The number of aromatic nitrogens is 1. The minimum absolute atomic E-state index is 0.0911. The second kappa shape index (κ2) is 5.10. The smallest absolute Gasteiger partial charge is 0.322 e. The van der Waals surface area contributed by atoms with Gasteiger partial charge in [-0.25, -0.2) is 9.78 Å². The van der Waals surface area contributed by atoms with Gasteiger partial charge in [0.05, 0.1) is 16.1 Å². The molecule has 0 N–H and O–H groups in total. The molecule has 0 radical (unpaired) electrons. The predicted molar refractivity (Wildman–Crippen MR) is 73.8 cm³/mol. The Morgan fingerprint density at radius 1 is 1.24 bits per heavy atom. The molecule has 0 unspecified atom stereocenters. The van der Waals surface area contributed by atoms with Gasteiger partial charge in [0.25, 0.3) is 11.8 Å². The summed E-state index contributed by atoms with van der Waals surface area (Å²) in [6, 6.07) is 6.31. The lowest BCUT2D eigenvalue weighted by molar-refractivity contribution is -0.0588. The number of hydrogen-bond acceptors (Lipinski definition) is 6. The molecule has 1 aliphatic rings. The fourth-order valence-corrected chi connectivity index (χ4v) is 2.66. The van der Waals surface area contributed by atoms with E-state index >= 15 is 0 Å². The monoisotopic (exact) mass is 302 g/mol. The molecule has 7 heteroatoms. The van der Waals surface area contributed by atoms with Gasteiger partial charge >= 0.3 is 5.97 Å². The van der Waals surface area contributed by atoms with E-state index in [9.17, 15) is 14.4 Å². The lowest BCUT2D eigenvalue weighted by atomic mass is 10.1. The number of amides is 2. The highest BCUT2D eigenvalue weighted by Gasteiger charge is 2.39. The number of hydrogen-bond donors (Lipinski definition) is 0. The number of aryl methyl sites for hydroxylation is 1. The number of fused-ring (bicyclic) bond motifs is 1. The number of carbonyl (C=O) groups is 3. The molecule has 106 valence electrons. The SMILES string of the molecule is CCc1nc(C(=O)ON2C(=O)c3ccccc3C2=O)cs1. The summed E-state index contributed by atoms with van der Waals surface area (Å²) in [6.07, 6.45) is 0.699. The van der Waals surface area contributed by atoms with E-state index in [1.807, 2.05) is 6.92 Å². The van der Waals surface area contributed by atoms with Crippen LogP contribution in [-0.2, 0) is 11.3 Å². The van der Waals surface area contributed by atoms with Crippen molar-refractivity contribution in [3.63, 3.8) is 0 Å². The van der Waals surface area contributed by atoms with Crippen LogP contribution >= 0.6 is 11.3 Å². The van der Waals surface area contributed by atoms with E-state index in [-0.39, 0.29) is 16.8 Å². The summed E-state index contributed by atoms with van der Waals surface area (Å²) in [6.45, 7) is 1.91. The summed E-state index contributed by atoms with van der Waals surface area (Å²) in [5, 5.41) is 2.81. The van der Waals surface area contributed by atoms with Crippen molar-refractivity contribution in [1.82, 2.24) is 10.0 Å². The fraction of sp³-hybridized carbons (Fsp3) is 0.143. The summed E-state index contributed by atoms with van der Waals surface area (Å²) in [7, 11) is 0. The first-order valence-corrected chi connectivity index (χ1v) is 7.14. The summed E-state index contributed by atoms with van der Waals surface area (Å²) >= 11 is 1.32. The van der Waals surface area contributed by atoms with Gasteiger partial charge in [0.2, 0.25) is 0 Å². The topological polar surface area (TPSA) is 76.6 Å². The first-order valence-electron chi connectivity index (χ1n) is 6.26. The van der Waals surface area contributed by atoms with Crippen molar-refractivity contribution in [2.45, 2.75) is 13.3 Å². The molecule has 1 aliphatic heterocycles. The molecule has 0 atom stereocenters. The van der Waals surface area contributed by atoms with Gasteiger partial charge < -0.3 is 4.84 Å². The minimum atomic E-state index is -0.819. The summed E-state index contributed by atoms with van der Waals surface area (Å²) in [4.78, 5) is 45.0. The fourth-order valence-electron chi connectivity index (χ4n) is 1.95. The first-order chi connectivity index (χ1) is 10.1. The van der Waals surface area contributed by atoms with Crippen LogP contribution in [0.15, 0.2) is 29.6 Å². The average molecular weight is 302 g/mol. The van der Waals surface area contributed by atoms with Crippen molar-refractivity contribution in [3.05, 3.63) is 51.5 Å². The van der Waals surface area contributed by atoms with Gasteiger partial charge in [-0.15, -0.1) is 11.3 Å². The molecule has 2 aromatic rings. The van der Waals surface area contributed by atoms with Gasteiger partial charge in [-0.1, -0.05) is 24.1 Å². The molecule has 0 saturated carbocycles. The van der Waals surface area contributed by atoms with Gasteiger partial charge in [0.1, 0.15) is 0 Å². The number of hydroxylamine groups is 2. The van der Waals surface area contributed by atoms with Crippen LogP contribution in [0.4, 0.5) is 0 Å². The van der Waals surface area contributed by atoms with Crippen LogP contribution in [0.2, 0.25) is 0 Å². The molecule has 0 fully saturated rings. The largest absolute Gasteiger partial charge is 0.383 e. The van der Waals surface area contributed by atoms with E-state index in [1.54, 1.807) is 17.5 Å². The highest BCUT2D eigenvalue weighted by atomic mass is 32.1. The van der Waals surface area contributed by atoms with Crippen molar-refractivity contribution in [2.24, 2.45) is 0 Å². The Kier molecular flexibility index (Phi) is 3.26. The summed E-state index contributed by atoms with van der Waals surface area (Å²) in [5.74, 6) is -2.11. The number of nitrogens with zero attached hydrogens (tertiary/aromatic N) is 2. The molecule has 0 saturated heterocycles. The van der Waals surface area contributed by atoms with Crippen molar-refractivity contribution >= 4 is 29.1 Å². The van der Waals surface area contributed by atoms with Gasteiger partial charge in [0.15, 0.2) is 5.69 Å². The molecule has 2 heterocycles. The lowest BCUT2D eigenvalue weighted by Crippen LogP contribution is -2.32. The normalized spacial score (nSPS) is 13.5. The molecule has 6 nitrogen and oxygen atoms in total. The molecule has 3 rings (SSSR count). The van der Waals surface area contributed by atoms with Crippen LogP contribution in [0.5, 0.6) is 0 Å². The Balaban J connectivity index is 1.82. The Labute approximate surface area is 123 Å². The second-order valence-electron chi connectivity index (χ2n) is 4.31. The maximum Gasteiger partial charge on any atom is 0.383 e. The van der Waals surface area contributed by atoms with Gasteiger partial charge in [-0.3, -0.25) is 9.59 Å². The third-order valence-corrected chi connectivity index (χ3v) is 3.99. The Bertz CT molecular complexity index is 718. The van der Waals surface area contributed by atoms with Gasteiger partial charge in [0, 0.05) is 5.38 Å². The molecule has 0 spiro atoms. The standard InChI is InChI=1S/C14H10N2O4S/c1-2-11-15-10(7-21-11)14(19)20-16-12(17)8-5-3-4-6-9(8)13(16)18/h3-7H,2H2,1H3. The van der Waals surface area contributed by atoms with E-state index in [0.29, 0.717) is 11.5 Å². The van der Waals surface area contributed by atoms with Crippen molar-refractivity contribution in [3.8, 4) is 0 Å². The highest BCUT2D eigenvalue weighted by Crippen LogP contribution is 2.23. The maximum absolute atomic E-state index is 12.0. The van der Waals surface area contributed by atoms with Crippen LogP contribution in [-0.4, -0.2) is 27.8 Å². The quantitative estimate of drug-likeness (QED) is 0.811. The van der Waals surface area contributed by atoms with E-state index in [1.165, 1.54) is 23.5 Å². The number of thiazole rings is 1. The molecule has 1 aromatic heterocycles. The third-order valence-electron chi connectivity index (χ3n) is 2.99. The first kappa shape index (κ1) is 13.4. The number of imide groups is 1. The molecule has 21 heavy (non-hydrogen) atoms. The highest BCUT2D eigenvalue weighted by molar-refractivity contribution is 7.09. The zero-order valence-electron chi connectivity index (χ0n) is 11.0. The number of benzene rings is 1. The molecular weight excluding hydrogens is 292 g/mol.